The van der Waals surface area contributed by atoms with Gasteiger partial charge in [-0.2, -0.15) is 0 Å². The Morgan fingerprint density at radius 1 is 1.00 bits per heavy atom. The topological polar surface area (TPSA) is 76.1 Å². The van der Waals surface area contributed by atoms with E-state index in [-0.39, 0.29) is 18.9 Å². The van der Waals surface area contributed by atoms with Crippen LogP contribution in [0.15, 0.2) is 54.6 Å². The van der Waals surface area contributed by atoms with E-state index in [4.69, 9.17) is 9.47 Å². The largest absolute Gasteiger partial charge is 0.484 e. The summed E-state index contributed by atoms with van der Waals surface area (Å²) >= 11 is 0. The van der Waals surface area contributed by atoms with Gasteiger partial charge >= 0.3 is 5.97 Å². The van der Waals surface area contributed by atoms with E-state index >= 15 is 0 Å². The summed E-state index contributed by atoms with van der Waals surface area (Å²) in [6, 6.07) is 16.9. The fraction of sp³-hybridized carbons (Fsp3) is 0.391. The maximum atomic E-state index is 12.3. The summed E-state index contributed by atoms with van der Waals surface area (Å²) < 4.78 is 11.1. The molecule has 0 heterocycles. The molecule has 6 heteroatoms. The summed E-state index contributed by atoms with van der Waals surface area (Å²) in [5, 5.41) is 9.58. The Kier molecular flexibility index (Phi) is 8.21. The molecule has 0 radical (unpaired) electrons. The fourth-order valence-corrected chi connectivity index (χ4v) is 3.08. The lowest BCUT2D eigenvalue weighted by Gasteiger charge is -2.28. The van der Waals surface area contributed by atoms with E-state index in [1.807, 2.05) is 30.3 Å². The number of carbonyl (C=O) groups is 2. The van der Waals surface area contributed by atoms with E-state index in [2.05, 4.69) is 0 Å². The molecule has 0 aromatic heterocycles. The third kappa shape index (κ3) is 6.32. The van der Waals surface area contributed by atoms with Crippen molar-refractivity contribution in [2.24, 2.45) is 0 Å². The van der Waals surface area contributed by atoms with Gasteiger partial charge in [-0.3, -0.25) is 4.79 Å². The first-order valence-corrected chi connectivity index (χ1v) is 9.77. The van der Waals surface area contributed by atoms with Crippen LogP contribution < -0.4 is 4.74 Å². The standard InChI is InChI=1S/C23H29NO5/c1-4-23(22(26)27,29-5-2)15-18-11-13-20(14-12-18)28-17-21(25)24(3)16-19-9-7-6-8-10-19/h6-14H,4-5,15-17H2,1-3H3,(H,26,27)/t23-/m0/s1. The van der Waals surface area contributed by atoms with Crippen molar-refractivity contribution in [2.45, 2.75) is 38.8 Å². The molecule has 1 amide bonds. The van der Waals surface area contributed by atoms with Gasteiger partial charge in [-0.15, -0.1) is 0 Å². The van der Waals surface area contributed by atoms with Gasteiger partial charge in [0.1, 0.15) is 5.75 Å². The number of carboxylic acid groups (broad SMARTS) is 1. The molecule has 156 valence electrons. The van der Waals surface area contributed by atoms with E-state index in [9.17, 15) is 14.7 Å². The van der Waals surface area contributed by atoms with Crippen molar-refractivity contribution >= 4 is 11.9 Å². The summed E-state index contributed by atoms with van der Waals surface area (Å²) in [6.45, 7) is 4.39. The number of nitrogens with zero attached hydrogens (tertiary/aromatic N) is 1. The molecule has 6 nitrogen and oxygen atoms in total. The molecule has 0 saturated carbocycles. The van der Waals surface area contributed by atoms with Crippen molar-refractivity contribution in [3.63, 3.8) is 0 Å². The quantitative estimate of drug-likeness (QED) is 0.625. The second kappa shape index (κ2) is 10.6. The third-order valence-electron chi connectivity index (χ3n) is 4.85. The van der Waals surface area contributed by atoms with Crippen molar-refractivity contribution in [3.8, 4) is 5.75 Å². The first kappa shape index (κ1) is 22.4. The minimum absolute atomic E-state index is 0.0599. The highest BCUT2D eigenvalue weighted by molar-refractivity contribution is 5.78. The molecular formula is C23H29NO5. The van der Waals surface area contributed by atoms with Gasteiger partial charge in [0.05, 0.1) is 0 Å². The first-order valence-electron chi connectivity index (χ1n) is 9.77. The predicted molar refractivity (Wildman–Crippen MR) is 111 cm³/mol. The lowest BCUT2D eigenvalue weighted by molar-refractivity contribution is -0.166. The van der Waals surface area contributed by atoms with Crippen LogP contribution in [-0.2, 0) is 27.3 Å². The van der Waals surface area contributed by atoms with Crippen molar-refractivity contribution in [3.05, 3.63) is 65.7 Å². The van der Waals surface area contributed by atoms with Gasteiger partial charge in [0.2, 0.25) is 0 Å². The Hall–Kier alpha value is -2.86. The molecule has 1 N–H and O–H groups in total. The molecule has 1 atom stereocenters. The zero-order chi connectivity index (χ0) is 21.3. The van der Waals surface area contributed by atoms with Crippen molar-refractivity contribution in [2.75, 3.05) is 20.3 Å². The molecule has 0 spiro atoms. The molecule has 0 aliphatic carbocycles. The highest BCUT2D eigenvalue weighted by Crippen LogP contribution is 2.24. The van der Waals surface area contributed by atoms with Crippen LogP contribution in [0.5, 0.6) is 5.75 Å². The Morgan fingerprint density at radius 2 is 1.66 bits per heavy atom. The second-order valence-corrected chi connectivity index (χ2v) is 6.93. The van der Waals surface area contributed by atoms with Crippen LogP contribution in [0.1, 0.15) is 31.4 Å². The third-order valence-corrected chi connectivity index (χ3v) is 4.85. The maximum Gasteiger partial charge on any atom is 0.336 e. The smallest absolute Gasteiger partial charge is 0.336 e. The molecular weight excluding hydrogens is 370 g/mol. The number of likely N-dealkylation sites (N-methyl/N-ethyl adjacent to an activating group) is 1. The molecule has 2 rings (SSSR count). The van der Waals surface area contributed by atoms with E-state index in [1.165, 1.54) is 0 Å². The number of ether oxygens (including phenoxy) is 2. The second-order valence-electron chi connectivity index (χ2n) is 6.93. The minimum Gasteiger partial charge on any atom is -0.484 e. The van der Waals surface area contributed by atoms with E-state index in [0.717, 1.165) is 11.1 Å². The lowest BCUT2D eigenvalue weighted by Crippen LogP contribution is -2.43. The van der Waals surface area contributed by atoms with Gasteiger partial charge in [0.15, 0.2) is 12.2 Å². The van der Waals surface area contributed by atoms with E-state index in [0.29, 0.717) is 25.3 Å². The molecule has 29 heavy (non-hydrogen) atoms. The first-order chi connectivity index (χ1) is 13.9. The number of hydrogen-bond donors (Lipinski definition) is 1. The zero-order valence-electron chi connectivity index (χ0n) is 17.3. The van der Waals surface area contributed by atoms with Gasteiger partial charge in [-0.25, -0.2) is 4.79 Å². The summed E-state index contributed by atoms with van der Waals surface area (Å²) in [5.74, 6) is -0.525. The lowest BCUT2D eigenvalue weighted by atomic mass is 9.91. The molecule has 0 bridgehead atoms. The molecule has 2 aromatic carbocycles. The number of rotatable bonds is 11. The van der Waals surface area contributed by atoms with Crippen LogP contribution in [-0.4, -0.2) is 47.7 Å². The van der Waals surface area contributed by atoms with Gasteiger partial charge in [-0.05, 0) is 36.6 Å². The Labute approximate surface area is 172 Å². The Balaban J connectivity index is 1.91. The average Bonchev–Trinajstić information content (AvgIpc) is 2.73. The normalized spacial score (nSPS) is 12.8. The van der Waals surface area contributed by atoms with Crippen LogP contribution in [0.2, 0.25) is 0 Å². The van der Waals surface area contributed by atoms with Crippen LogP contribution >= 0.6 is 0 Å². The van der Waals surface area contributed by atoms with Crippen molar-refractivity contribution < 1.29 is 24.2 Å². The highest BCUT2D eigenvalue weighted by atomic mass is 16.5. The number of carboxylic acids is 1. The van der Waals surface area contributed by atoms with E-state index < -0.39 is 11.6 Å². The SMILES string of the molecule is CCO[C@@](CC)(Cc1ccc(OCC(=O)N(C)Cc2ccccc2)cc1)C(=O)O. The molecule has 0 unspecified atom stereocenters. The van der Waals surface area contributed by atoms with Crippen LogP contribution in [0, 0.1) is 0 Å². The van der Waals surface area contributed by atoms with E-state index in [1.54, 1.807) is 50.1 Å². The van der Waals surface area contributed by atoms with Crippen LogP contribution in [0.3, 0.4) is 0 Å². The summed E-state index contributed by atoms with van der Waals surface area (Å²) in [7, 11) is 1.74. The Bertz CT molecular complexity index is 791. The molecule has 0 aliphatic rings. The van der Waals surface area contributed by atoms with Gasteiger partial charge in [0.25, 0.3) is 5.91 Å². The van der Waals surface area contributed by atoms with Crippen molar-refractivity contribution in [1.29, 1.82) is 0 Å². The number of aliphatic carboxylic acids is 1. The summed E-state index contributed by atoms with van der Waals surface area (Å²) in [6.07, 6.45) is 0.641. The molecule has 2 aromatic rings. The Morgan fingerprint density at radius 3 is 2.21 bits per heavy atom. The minimum atomic E-state index is -1.23. The van der Waals surface area contributed by atoms with Gasteiger partial charge < -0.3 is 19.5 Å². The summed E-state index contributed by atoms with van der Waals surface area (Å²) in [4.78, 5) is 25.6. The monoisotopic (exact) mass is 399 g/mol. The van der Waals surface area contributed by atoms with Gasteiger partial charge in [-0.1, -0.05) is 49.4 Å². The number of carbonyl (C=O) groups excluding carboxylic acids is 1. The molecule has 0 aliphatic heterocycles. The number of benzene rings is 2. The zero-order valence-corrected chi connectivity index (χ0v) is 17.3. The van der Waals surface area contributed by atoms with Crippen LogP contribution in [0.25, 0.3) is 0 Å². The predicted octanol–water partition coefficient (Wildman–Crippen LogP) is 3.54. The fourth-order valence-electron chi connectivity index (χ4n) is 3.08. The van der Waals surface area contributed by atoms with Gasteiger partial charge in [0, 0.05) is 26.6 Å². The average molecular weight is 399 g/mol. The number of hydrogen-bond acceptors (Lipinski definition) is 4. The summed E-state index contributed by atoms with van der Waals surface area (Å²) in [5.41, 5.74) is 0.662. The van der Waals surface area contributed by atoms with Crippen LogP contribution in [0.4, 0.5) is 0 Å². The maximum absolute atomic E-state index is 12.3. The molecule has 0 fully saturated rings. The highest BCUT2D eigenvalue weighted by Gasteiger charge is 2.37. The van der Waals surface area contributed by atoms with Crippen molar-refractivity contribution in [1.82, 2.24) is 4.90 Å². The number of amides is 1. The molecule has 0 saturated heterocycles.